The number of likely N-dealkylation sites (tertiary alicyclic amines) is 1. The van der Waals surface area contributed by atoms with Gasteiger partial charge in [-0.3, -0.25) is 9.59 Å². The van der Waals surface area contributed by atoms with Crippen molar-refractivity contribution in [2.75, 3.05) is 19.6 Å². The maximum absolute atomic E-state index is 12.9. The molecule has 0 aliphatic carbocycles. The first-order chi connectivity index (χ1) is 11.8. The predicted molar refractivity (Wildman–Crippen MR) is 89.6 cm³/mol. The average molecular weight is 371 g/mol. The second-order valence-corrected chi connectivity index (χ2v) is 7.75. The number of benzene rings is 1. The largest absolute Gasteiger partial charge is 0.352 e. The average Bonchev–Trinajstić information content (AvgIpc) is 2.54. The Bertz CT molecular complexity index is 721. The molecule has 1 aliphatic rings. The van der Waals surface area contributed by atoms with Crippen molar-refractivity contribution in [2.45, 2.75) is 37.1 Å². The van der Waals surface area contributed by atoms with Crippen molar-refractivity contribution in [3.05, 3.63) is 30.1 Å². The normalized spacial score (nSPS) is 18.0. The molecule has 1 aromatic rings. The van der Waals surface area contributed by atoms with Crippen molar-refractivity contribution >= 4 is 21.8 Å². The van der Waals surface area contributed by atoms with Crippen LogP contribution in [0.15, 0.2) is 29.2 Å². The minimum atomic E-state index is -3.77. The fourth-order valence-corrected chi connectivity index (χ4v) is 3.79. The van der Waals surface area contributed by atoms with E-state index in [2.05, 4.69) is 10.0 Å². The Morgan fingerprint density at radius 2 is 1.96 bits per heavy atom. The zero-order chi connectivity index (χ0) is 18.4. The van der Waals surface area contributed by atoms with Crippen LogP contribution < -0.4 is 10.0 Å². The standard InChI is InChI=1S/C16H22FN3O4S/c1-12(21)19-14-3-2-10-20(11-14)16(22)8-9-18-25(23,24)15-6-4-13(17)5-7-15/h4-7,14,18H,2-3,8-11H2,1H3,(H,19,21)/t14-/m0/s1. The molecule has 0 unspecified atom stereocenters. The zero-order valence-electron chi connectivity index (χ0n) is 14.0. The van der Waals surface area contributed by atoms with Gasteiger partial charge in [-0.1, -0.05) is 0 Å². The second-order valence-electron chi connectivity index (χ2n) is 5.98. The van der Waals surface area contributed by atoms with Gasteiger partial charge in [-0.25, -0.2) is 17.5 Å². The number of carbonyl (C=O) groups excluding carboxylic acids is 2. The van der Waals surface area contributed by atoms with E-state index in [1.54, 1.807) is 4.90 Å². The van der Waals surface area contributed by atoms with Gasteiger partial charge in [-0.2, -0.15) is 0 Å². The van der Waals surface area contributed by atoms with E-state index >= 15 is 0 Å². The molecule has 0 aromatic heterocycles. The van der Waals surface area contributed by atoms with Crippen LogP contribution in [-0.4, -0.2) is 50.8 Å². The fraction of sp³-hybridized carbons (Fsp3) is 0.500. The molecule has 1 heterocycles. The van der Waals surface area contributed by atoms with Crippen LogP contribution in [0.3, 0.4) is 0 Å². The van der Waals surface area contributed by atoms with Crippen molar-refractivity contribution in [2.24, 2.45) is 0 Å². The molecule has 0 spiro atoms. The van der Waals surface area contributed by atoms with Gasteiger partial charge < -0.3 is 10.2 Å². The van der Waals surface area contributed by atoms with Gasteiger partial charge in [-0.15, -0.1) is 0 Å². The molecular weight excluding hydrogens is 349 g/mol. The number of hydrogen-bond acceptors (Lipinski definition) is 4. The molecule has 0 saturated carbocycles. The summed E-state index contributed by atoms with van der Waals surface area (Å²) in [6.07, 6.45) is 1.63. The monoisotopic (exact) mass is 371 g/mol. The SMILES string of the molecule is CC(=O)N[C@H]1CCCN(C(=O)CCNS(=O)(=O)c2ccc(F)cc2)C1. The van der Waals surface area contributed by atoms with Crippen LogP contribution >= 0.6 is 0 Å². The van der Waals surface area contributed by atoms with Gasteiger partial charge in [0.2, 0.25) is 21.8 Å². The van der Waals surface area contributed by atoms with E-state index in [0.29, 0.717) is 13.1 Å². The topological polar surface area (TPSA) is 95.6 Å². The number of piperidine rings is 1. The Hall–Kier alpha value is -2.00. The lowest BCUT2D eigenvalue weighted by Crippen LogP contribution is -2.49. The van der Waals surface area contributed by atoms with Crippen molar-refractivity contribution in [1.29, 1.82) is 0 Å². The highest BCUT2D eigenvalue weighted by molar-refractivity contribution is 7.89. The lowest BCUT2D eigenvalue weighted by atomic mass is 10.1. The van der Waals surface area contributed by atoms with E-state index in [0.717, 1.165) is 25.0 Å². The van der Waals surface area contributed by atoms with Gasteiger partial charge >= 0.3 is 0 Å². The third kappa shape index (κ3) is 5.79. The fourth-order valence-electron chi connectivity index (χ4n) is 2.76. The Kier molecular flexibility index (Phi) is 6.49. The molecule has 1 aliphatic heterocycles. The van der Waals surface area contributed by atoms with Gasteiger partial charge in [0.15, 0.2) is 0 Å². The van der Waals surface area contributed by atoms with Gasteiger partial charge in [0.25, 0.3) is 0 Å². The number of carbonyl (C=O) groups is 2. The van der Waals surface area contributed by atoms with E-state index in [9.17, 15) is 22.4 Å². The zero-order valence-corrected chi connectivity index (χ0v) is 14.8. The smallest absolute Gasteiger partial charge is 0.240 e. The Labute approximate surface area is 146 Å². The molecule has 0 bridgehead atoms. The molecule has 1 aromatic carbocycles. The van der Waals surface area contributed by atoms with Crippen molar-refractivity contribution in [3.63, 3.8) is 0 Å². The van der Waals surface area contributed by atoms with E-state index < -0.39 is 15.8 Å². The third-order valence-corrected chi connectivity index (χ3v) is 5.41. The lowest BCUT2D eigenvalue weighted by molar-refractivity contribution is -0.133. The lowest BCUT2D eigenvalue weighted by Gasteiger charge is -2.33. The molecule has 1 saturated heterocycles. The quantitative estimate of drug-likeness (QED) is 0.766. The highest BCUT2D eigenvalue weighted by Crippen LogP contribution is 2.12. The summed E-state index contributed by atoms with van der Waals surface area (Å²) in [5.74, 6) is -0.823. The summed E-state index contributed by atoms with van der Waals surface area (Å²) in [5.41, 5.74) is 0. The van der Waals surface area contributed by atoms with E-state index in [-0.39, 0.29) is 35.7 Å². The molecule has 25 heavy (non-hydrogen) atoms. The molecule has 9 heteroatoms. The van der Waals surface area contributed by atoms with Crippen molar-refractivity contribution in [1.82, 2.24) is 14.9 Å². The Morgan fingerprint density at radius 1 is 1.28 bits per heavy atom. The van der Waals surface area contributed by atoms with Gasteiger partial charge in [0.05, 0.1) is 4.90 Å². The number of halogens is 1. The maximum Gasteiger partial charge on any atom is 0.240 e. The minimum Gasteiger partial charge on any atom is -0.352 e. The molecular formula is C16H22FN3O4S. The molecule has 1 fully saturated rings. The molecule has 7 nitrogen and oxygen atoms in total. The highest BCUT2D eigenvalue weighted by atomic mass is 32.2. The second kappa shape index (κ2) is 8.39. The number of nitrogens with zero attached hydrogens (tertiary/aromatic N) is 1. The van der Waals surface area contributed by atoms with E-state index in [1.807, 2.05) is 0 Å². The maximum atomic E-state index is 12.9. The molecule has 138 valence electrons. The van der Waals surface area contributed by atoms with Crippen LogP contribution in [0, 0.1) is 5.82 Å². The Balaban J connectivity index is 1.83. The van der Waals surface area contributed by atoms with E-state index in [1.165, 1.54) is 19.1 Å². The molecule has 2 amide bonds. The summed E-state index contributed by atoms with van der Waals surface area (Å²) >= 11 is 0. The van der Waals surface area contributed by atoms with Crippen LogP contribution in [0.4, 0.5) is 4.39 Å². The molecule has 0 radical (unpaired) electrons. The third-order valence-electron chi connectivity index (χ3n) is 3.94. The van der Waals surface area contributed by atoms with Crippen LogP contribution in [0.5, 0.6) is 0 Å². The molecule has 1 atom stereocenters. The summed E-state index contributed by atoms with van der Waals surface area (Å²) in [5, 5.41) is 2.80. The van der Waals surface area contributed by atoms with Gasteiger partial charge in [0, 0.05) is 39.0 Å². The summed E-state index contributed by atoms with van der Waals surface area (Å²) in [6, 6.07) is 4.40. The van der Waals surface area contributed by atoms with Crippen LogP contribution in [0.25, 0.3) is 0 Å². The van der Waals surface area contributed by atoms with Crippen LogP contribution in [-0.2, 0) is 19.6 Å². The molecule has 2 N–H and O–H groups in total. The predicted octanol–water partition coefficient (Wildman–Crippen LogP) is 0.621. The Morgan fingerprint density at radius 3 is 2.60 bits per heavy atom. The number of amides is 2. The van der Waals surface area contributed by atoms with Gasteiger partial charge in [0.1, 0.15) is 5.82 Å². The van der Waals surface area contributed by atoms with Crippen molar-refractivity contribution in [3.8, 4) is 0 Å². The first kappa shape index (κ1) is 19.3. The molecule has 2 rings (SSSR count). The summed E-state index contributed by atoms with van der Waals surface area (Å²) in [4.78, 5) is 24.9. The van der Waals surface area contributed by atoms with Gasteiger partial charge in [-0.05, 0) is 37.1 Å². The van der Waals surface area contributed by atoms with Crippen LogP contribution in [0.2, 0.25) is 0 Å². The number of rotatable bonds is 6. The summed E-state index contributed by atoms with van der Waals surface area (Å²) in [7, 11) is -3.77. The number of nitrogens with one attached hydrogen (secondary N) is 2. The number of hydrogen-bond donors (Lipinski definition) is 2. The summed E-state index contributed by atoms with van der Waals surface area (Å²) < 4.78 is 39.3. The summed E-state index contributed by atoms with van der Waals surface area (Å²) in [6.45, 7) is 2.42. The minimum absolute atomic E-state index is 0.0210. The van der Waals surface area contributed by atoms with E-state index in [4.69, 9.17) is 0 Å². The number of sulfonamides is 1. The highest BCUT2D eigenvalue weighted by Gasteiger charge is 2.24. The van der Waals surface area contributed by atoms with Crippen molar-refractivity contribution < 1.29 is 22.4 Å². The first-order valence-corrected chi connectivity index (χ1v) is 9.56. The van der Waals surface area contributed by atoms with Crippen LogP contribution in [0.1, 0.15) is 26.2 Å². The first-order valence-electron chi connectivity index (χ1n) is 8.08.